The highest BCUT2D eigenvalue weighted by Crippen LogP contribution is 2.25. The van der Waals surface area contributed by atoms with Crippen molar-refractivity contribution in [3.8, 4) is 5.75 Å². The van der Waals surface area contributed by atoms with E-state index in [0.717, 1.165) is 22.4 Å². The molecule has 0 aliphatic carbocycles. The van der Waals surface area contributed by atoms with Crippen molar-refractivity contribution in [3.05, 3.63) is 70.0 Å². The topological polar surface area (TPSA) is 95.1 Å². The van der Waals surface area contributed by atoms with E-state index in [1.54, 1.807) is 13.0 Å². The van der Waals surface area contributed by atoms with Crippen LogP contribution in [0.15, 0.2) is 47.6 Å². The second kappa shape index (κ2) is 9.86. The normalized spacial score (nSPS) is 11.9. The van der Waals surface area contributed by atoms with Gasteiger partial charge in [0.05, 0.1) is 5.25 Å². The van der Waals surface area contributed by atoms with Crippen LogP contribution in [0.25, 0.3) is 0 Å². The largest absolute Gasteiger partial charge is 0.485 e. The third kappa shape index (κ3) is 5.25. The Morgan fingerprint density at radius 2 is 1.90 bits per heavy atom. The molecule has 0 bridgehead atoms. The number of halogens is 1. The summed E-state index contributed by atoms with van der Waals surface area (Å²) in [7, 11) is 0. The zero-order chi connectivity index (χ0) is 21.7. The van der Waals surface area contributed by atoms with Crippen LogP contribution in [0.5, 0.6) is 5.75 Å². The second-order valence-corrected chi connectivity index (χ2v) is 8.56. The number of ether oxygens (including phenoxy) is 1. The molecule has 30 heavy (non-hydrogen) atoms. The molecule has 1 heterocycles. The van der Waals surface area contributed by atoms with E-state index in [-0.39, 0.29) is 12.5 Å². The Hall–Kier alpha value is -2.71. The lowest BCUT2D eigenvalue weighted by Gasteiger charge is -2.13. The van der Waals surface area contributed by atoms with Crippen LogP contribution in [0, 0.1) is 13.8 Å². The summed E-state index contributed by atoms with van der Waals surface area (Å²) < 4.78 is 7.25. The van der Waals surface area contributed by atoms with Gasteiger partial charge in [0.1, 0.15) is 12.4 Å². The maximum absolute atomic E-state index is 12.4. The predicted molar refractivity (Wildman–Crippen MR) is 119 cm³/mol. The molecule has 158 valence electrons. The monoisotopic (exact) mass is 445 g/mol. The first kappa shape index (κ1) is 22.0. The molecular weight excluding hydrogens is 422 g/mol. The average Bonchev–Trinajstić information content (AvgIpc) is 3.06. The summed E-state index contributed by atoms with van der Waals surface area (Å²) in [5.41, 5.74) is 2.94. The minimum atomic E-state index is -0.411. The van der Waals surface area contributed by atoms with Crippen LogP contribution in [0.4, 0.5) is 0 Å². The van der Waals surface area contributed by atoms with Crippen molar-refractivity contribution in [3.63, 3.8) is 0 Å². The molecule has 0 fully saturated rings. The molecule has 0 saturated carbocycles. The molecule has 1 aromatic heterocycles. The molecule has 0 aliphatic heterocycles. The van der Waals surface area contributed by atoms with Crippen molar-refractivity contribution < 1.29 is 9.53 Å². The van der Waals surface area contributed by atoms with Crippen molar-refractivity contribution >= 4 is 29.3 Å². The molecular formula is C21H24ClN5O2S. The lowest BCUT2D eigenvalue weighted by molar-refractivity contribution is -0.120. The number of aryl methyl sites for hydroxylation is 2. The fourth-order valence-electron chi connectivity index (χ4n) is 2.83. The Morgan fingerprint density at radius 3 is 2.60 bits per heavy atom. The minimum absolute atomic E-state index is 0.142. The van der Waals surface area contributed by atoms with Gasteiger partial charge in [-0.05, 0) is 43.5 Å². The molecule has 2 aromatic carbocycles. The van der Waals surface area contributed by atoms with Gasteiger partial charge in [-0.1, -0.05) is 59.8 Å². The van der Waals surface area contributed by atoms with Crippen LogP contribution in [0.2, 0.25) is 5.02 Å². The van der Waals surface area contributed by atoms with Crippen LogP contribution in [0.1, 0.15) is 29.4 Å². The van der Waals surface area contributed by atoms with Gasteiger partial charge in [0.25, 0.3) is 0 Å². The van der Waals surface area contributed by atoms with Gasteiger partial charge in [-0.15, -0.1) is 10.2 Å². The SMILES string of the molecule is Cc1cccc(C)c1OCc1nnc(SC(C)C(=O)NCc2ccccc2Cl)n1N. The van der Waals surface area contributed by atoms with Crippen LogP contribution in [-0.4, -0.2) is 26.0 Å². The second-order valence-electron chi connectivity index (χ2n) is 6.85. The Balaban J connectivity index is 1.57. The average molecular weight is 446 g/mol. The Morgan fingerprint density at radius 1 is 1.20 bits per heavy atom. The molecule has 0 saturated heterocycles. The number of hydrogen-bond acceptors (Lipinski definition) is 6. The summed E-state index contributed by atoms with van der Waals surface area (Å²) in [4.78, 5) is 12.4. The van der Waals surface area contributed by atoms with Crippen LogP contribution < -0.4 is 15.9 Å². The van der Waals surface area contributed by atoms with Crippen LogP contribution in [-0.2, 0) is 17.9 Å². The molecule has 1 atom stereocenters. The van der Waals surface area contributed by atoms with Crippen LogP contribution >= 0.6 is 23.4 Å². The summed E-state index contributed by atoms with van der Waals surface area (Å²) in [5, 5.41) is 11.7. The van der Waals surface area contributed by atoms with Crippen molar-refractivity contribution in [1.29, 1.82) is 0 Å². The molecule has 3 N–H and O–H groups in total. The number of benzene rings is 2. The summed E-state index contributed by atoms with van der Waals surface area (Å²) in [6.45, 7) is 6.30. The molecule has 0 aliphatic rings. The van der Waals surface area contributed by atoms with Gasteiger partial charge in [-0.2, -0.15) is 0 Å². The van der Waals surface area contributed by atoms with E-state index in [4.69, 9.17) is 22.2 Å². The Bertz CT molecular complexity index is 1020. The highest BCUT2D eigenvalue weighted by molar-refractivity contribution is 8.00. The van der Waals surface area contributed by atoms with E-state index in [1.807, 2.05) is 50.2 Å². The number of nitrogens with two attached hydrogens (primary N) is 1. The van der Waals surface area contributed by atoms with Gasteiger partial charge in [-0.25, -0.2) is 4.68 Å². The number of nitrogens with one attached hydrogen (secondary N) is 1. The zero-order valence-electron chi connectivity index (χ0n) is 17.1. The van der Waals surface area contributed by atoms with Crippen molar-refractivity contribution in [2.45, 2.75) is 44.3 Å². The smallest absolute Gasteiger partial charge is 0.233 e. The fraction of sp³-hybridized carbons (Fsp3) is 0.286. The van der Waals surface area contributed by atoms with Gasteiger partial charge < -0.3 is 15.9 Å². The van der Waals surface area contributed by atoms with E-state index in [2.05, 4.69) is 15.5 Å². The van der Waals surface area contributed by atoms with Gasteiger partial charge in [0.15, 0.2) is 5.82 Å². The van der Waals surface area contributed by atoms with Crippen molar-refractivity contribution in [2.75, 3.05) is 5.84 Å². The van der Waals surface area contributed by atoms with E-state index in [9.17, 15) is 4.79 Å². The maximum atomic E-state index is 12.4. The van der Waals surface area contributed by atoms with Gasteiger partial charge in [-0.3, -0.25) is 4.79 Å². The summed E-state index contributed by atoms with van der Waals surface area (Å²) in [6, 6.07) is 13.3. The minimum Gasteiger partial charge on any atom is -0.485 e. The van der Waals surface area contributed by atoms with Gasteiger partial charge >= 0.3 is 0 Å². The van der Waals surface area contributed by atoms with E-state index in [0.29, 0.717) is 22.5 Å². The molecule has 0 radical (unpaired) electrons. The standard InChI is InChI=1S/C21H24ClN5O2S/c1-13-7-6-8-14(2)19(13)29-12-18-25-26-21(27(18)23)30-15(3)20(28)24-11-16-9-4-5-10-17(16)22/h4-10,15H,11-12,23H2,1-3H3,(H,24,28). The number of carbonyl (C=O) groups is 1. The Kier molecular flexibility index (Phi) is 7.23. The summed E-state index contributed by atoms with van der Waals surface area (Å²) >= 11 is 7.36. The first-order valence-electron chi connectivity index (χ1n) is 9.43. The number of para-hydroxylation sites is 1. The van der Waals surface area contributed by atoms with Crippen LogP contribution in [0.3, 0.4) is 0 Å². The number of carbonyl (C=O) groups excluding carboxylic acids is 1. The molecule has 3 rings (SSSR count). The third-order valence-electron chi connectivity index (χ3n) is 4.55. The quantitative estimate of drug-likeness (QED) is 0.406. The molecule has 7 nitrogen and oxygen atoms in total. The number of aromatic nitrogens is 3. The fourth-order valence-corrected chi connectivity index (χ4v) is 3.85. The molecule has 1 amide bonds. The summed E-state index contributed by atoms with van der Waals surface area (Å²) in [6.07, 6.45) is 0. The number of nitrogens with zero attached hydrogens (tertiary/aromatic N) is 3. The summed E-state index contributed by atoms with van der Waals surface area (Å²) in [5.74, 6) is 7.26. The van der Waals surface area contributed by atoms with E-state index < -0.39 is 5.25 Å². The van der Waals surface area contributed by atoms with Gasteiger partial charge in [0.2, 0.25) is 11.1 Å². The van der Waals surface area contributed by atoms with Gasteiger partial charge in [0, 0.05) is 11.6 Å². The maximum Gasteiger partial charge on any atom is 0.233 e. The highest BCUT2D eigenvalue weighted by Gasteiger charge is 2.20. The number of nitrogen functional groups attached to an aromatic ring is 1. The molecule has 0 spiro atoms. The van der Waals surface area contributed by atoms with E-state index in [1.165, 1.54) is 16.4 Å². The lowest BCUT2D eigenvalue weighted by Crippen LogP contribution is -2.31. The number of rotatable bonds is 8. The van der Waals surface area contributed by atoms with Crippen molar-refractivity contribution in [2.24, 2.45) is 0 Å². The third-order valence-corrected chi connectivity index (χ3v) is 5.98. The van der Waals surface area contributed by atoms with E-state index >= 15 is 0 Å². The van der Waals surface area contributed by atoms with Crippen molar-refractivity contribution in [1.82, 2.24) is 20.2 Å². The molecule has 9 heteroatoms. The number of amides is 1. The molecule has 1 unspecified atom stereocenters. The molecule has 3 aromatic rings. The lowest BCUT2D eigenvalue weighted by atomic mass is 10.1. The zero-order valence-corrected chi connectivity index (χ0v) is 18.6. The number of thioether (sulfide) groups is 1. The first-order chi connectivity index (χ1) is 14.4. The Labute approximate surface area is 184 Å². The highest BCUT2D eigenvalue weighted by atomic mass is 35.5. The first-order valence-corrected chi connectivity index (χ1v) is 10.7. The predicted octanol–water partition coefficient (Wildman–Crippen LogP) is 3.64. The number of hydrogen-bond donors (Lipinski definition) is 2.